The lowest BCUT2D eigenvalue weighted by Gasteiger charge is -2.12. The van der Waals surface area contributed by atoms with E-state index in [9.17, 15) is 14.9 Å². The van der Waals surface area contributed by atoms with Crippen molar-refractivity contribution in [1.29, 1.82) is 0 Å². The van der Waals surface area contributed by atoms with Crippen LogP contribution in [0.1, 0.15) is 12.5 Å². The molecule has 1 unspecified atom stereocenters. The number of nitro benzene ring substituents is 1. The van der Waals surface area contributed by atoms with Crippen LogP contribution in [-0.4, -0.2) is 22.3 Å². The monoisotopic (exact) mass is 362 g/mol. The van der Waals surface area contributed by atoms with Crippen molar-refractivity contribution in [2.45, 2.75) is 22.8 Å². The molecule has 0 aliphatic carbocycles. The number of anilines is 1. The summed E-state index contributed by atoms with van der Waals surface area (Å²) in [6, 6.07) is 14.0. The molecule has 0 saturated heterocycles. The smallest absolute Gasteiger partial charge is 0.269 e. The average molecular weight is 362 g/mol. The van der Waals surface area contributed by atoms with Gasteiger partial charge in [-0.05, 0) is 43.0 Å². The Bertz CT molecular complexity index is 720. The quantitative estimate of drug-likeness (QED) is 0.443. The zero-order valence-corrected chi connectivity index (χ0v) is 15.0. The van der Waals surface area contributed by atoms with Crippen LogP contribution in [0, 0.1) is 10.1 Å². The van der Waals surface area contributed by atoms with E-state index in [0.29, 0.717) is 0 Å². The van der Waals surface area contributed by atoms with E-state index in [1.165, 1.54) is 23.9 Å². The van der Waals surface area contributed by atoms with Gasteiger partial charge in [0.15, 0.2) is 0 Å². The van der Waals surface area contributed by atoms with E-state index >= 15 is 0 Å². The van der Waals surface area contributed by atoms with Crippen molar-refractivity contribution in [3.05, 3.63) is 64.2 Å². The Morgan fingerprint density at radius 3 is 2.58 bits per heavy atom. The largest absolute Gasteiger partial charge is 0.325 e. The molecule has 0 spiro atoms. The Hall–Kier alpha value is -1.99. The number of hydrogen-bond acceptors (Lipinski definition) is 5. The zero-order chi connectivity index (χ0) is 17.5. The topological polar surface area (TPSA) is 72.2 Å². The van der Waals surface area contributed by atoms with Gasteiger partial charge in [0.2, 0.25) is 5.91 Å². The first-order valence-electron chi connectivity index (χ1n) is 7.29. The van der Waals surface area contributed by atoms with Gasteiger partial charge in [-0.3, -0.25) is 14.9 Å². The maximum Gasteiger partial charge on any atom is 0.269 e. The molecule has 1 atom stereocenters. The summed E-state index contributed by atoms with van der Waals surface area (Å²) in [6.45, 7) is 1.81. The molecule has 0 aliphatic rings. The van der Waals surface area contributed by atoms with Gasteiger partial charge in [-0.2, -0.15) is 11.8 Å². The fourth-order valence-corrected chi connectivity index (χ4v) is 3.43. The number of nitro groups is 1. The van der Waals surface area contributed by atoms with Crippen LogP contribution in [0.3, 0.4) is 0 Å². The molecule has 7 heteroatoms. The van der Waals surface area contributed by atoms with Crippen molar-refractivity contribution in [2.24, 2.45) is 0 Å². The number of carbonyl (C=O) groups excluding carboxylic acids is 1. The maximum absolute atomic E-state index is 12.3. The van der Waals surface area contributed by atoms with E-state index < -0.39 is 4.92 Å². The standard InChI is InChI=1S/C17H18N2O3S2/c1-12(24-16-8-6-15(7-9-16)19(21)22)17(20)18-14-5-3-4-13(10-14)11-23-2/h3-10,12H,11H2,1-2H3,(H,18,20). The highest BCUT2D eigenvalue weighted by molar-refractivity contribution is 8.00. The predicted octanol–water partition coefficient (Wildman–Crippen LogP) is 4.58. The molecule has 2 aromatic carbocycles. The number of nitrogens with zero attached hydrogens (tertiary/aromatic N) is 1. The van der Waals surface area contributed by atoms with Crippen LogP contribution in [0.25, 0.3) is 0 Å². The lowest BCUT2D eigenvalue weighted by atomic mass is 10.2. The second-order valence-electron chi connectivity index (χ2n) is 5.13. The van der Waals surface area contributed by atoms with E-state index in [4.69, 9.17) is 0 Å². The Balaban J connectivity index is 1.96. The van der Waals surface area contributed by atoms with E-state index in [1.807, 2.05) is 37.4 Å². The number of nitrogens with one attached hydrogen (secondary N) is 1. The molecule has 0 fully saturated rings. The molecule has 2 aromatic rings. The molecular weight excluding hydrogens is 344 g/mol. The number of thioether (sulfide) groups is 2. The van der Waals surface area contributed by atoms with Gasteiger partial charge in [-0.1, -0.05) is 12.1 Å². The Kier molecular flexibility index (Phi) is 6.69. The number of rotatable bonds is 7. The van der Waals surface area contributed by atoms with Gasteiger partial charge in [0, 0.05) is 28.5 Å². The van der Waals surface area contributed by atoms with Crippen molar-refractivity contribution in [3.63, 3.8) is 0 Å². The number of benzene rings is 2. The third-order valence-electron chi connectivity index (χ3n) is 3.24. The third-order valence-corrected chi connectivity index (χ3v) is 4.97. The number of amides is 1. The first-order chi connectivity index (χ1) is 11.5. The summed E-state index contributed by atoms with van der Waals surface area (Å²) in [6.07, 6.45) is 2.04. The molecule has 0 bridgehead atoms. The van der Waals surface area contributed by atoms with Crippen molar-refractivity contribution in [1.82, 2.24) is 0 Å². The van der Waals surface area contributed by atoms with Gasteiger partial charge in [0.05, 0.1) is 10.2 Å². The predicted molar refractivity (Wildman–Crippen MR) is 101 cm³/mol. The molecule has 1 amide bonds. The van der Waals surface area contributed by atoms with Gasteiger partial charge in [0.25, 0.3) is 5.69 Å². The molecule has 0 radical (unpaired) electrons. The zero-order valence-electron chi connectivity index (χ0n) is 13.4. The molecule has 0 saturated carbocycles. The summed E-state index contributed by atoms with van der Waals surface area (Å²) in [5.41, 5.74) is 1.99. The SMILES string of the molecule is CSCc1cccc(NC(=O)C(C)Sc2ccc([N+](=O)[O-])cc2)c1. The van der Waals surface area contributed by atoms with E-state index in [1.54, 1.807) is 23.9 Å². The van der Waals surface area contributed by atoms with E-state index in [2.05, 4.69) is 5.32 Å². The van der Waals surface area contributed by atoms with Gasteiger partial charge in [-0.15, -0.1) is 11.8 Å². The lowest BCUT2D eigenvalue weighted by Crippen LogP contribution is -2.22. The first kappa shape index (κ1) is 18.4. The van der Waals surface area contributed by atoms with Crippen LogP contribution in [0.2, 0.25) is 0 Å². The molecule has 5 nitrogen and oxygen atoms in total. The van der Waals surface area contributed by atoms with Crippen molar-refractivity contribution in [2.75, 3.05) is 11.6 Å². The Labute approximate surface area is 149 Å². The molecule has 1 N–H and O–H groups in total. The van der Waals surface area contributed by atoms with E-state index in [-0.39, 0.29) is 16.8 Å². The van der Waals surface area contributed by atoms with Crippen LogP contribution in [0.4, 0.5) is 11.4 Å². The van der Waals surface area contributed by atoms with Crippen LogP contribution in [0.5, 0.6) is 0 Å². The number of carbonyl (C=O) groups is 1. The van der Waals surface area contributed by atoms with Crippen LogP contribution in [-0.2, 0) is 10.5 Å². The molecule has 0 aromatic heterocycles. The van der Waals surface area contributed by atoms with Crippen LogP contribution in [0.15, 0.2) is 53.4 Å². The normalized spacial score (nSPS) is 11.8. The number of non-ortho nitro benzene ring substituents is 1. The minimum absolute atomic E-state index is 0.0436. The highest BCUT2D eigenvalue weighted by Crippen LogP contribution is 2.26. The fourth-order valence-electron chi connectivity index (χ4n) is 2.05. The second kappa shape index (κ2) is 8.75. The van der Waals surface area contributed by atoms with Gasteiger partial charge < -0.3 is 5.32 Å². The maximum atomic E-state index is 12.3. The second-order valence-corrected chi connectivity index (χ2v) is 7.41. The number of hydrogen-bond donors (Lipinski definition) is 1. The molecule has 2 rings (SSSR count). The minimum atomic E-state index is -0.438. The van der Waals surface area contributed by atoms with Gasteiger partial charge in [-0.25, -0.2) is 0 Å². The van der Waals surface area contributed by atoms with Crippen LogP contribution >= 0.6 is 23.5 Å². The molecule has 0 heterocycles. The fraction of sp³-hybridized carbons (Fsp3) is 0.235. The summed E-state index contributed by atoms with van der Waals surface area (Å²) in [5, 5.41) is 13.3. The minimum Gasteiger partial charge on any atom is -0.325 e. The van der Waals surface area contributed by atoms with E-state index in [0.717, 1.165) is 21.9 Å². The lowest BCUT2D eigenvalue weighted by molar-refractivity contribution is -0.384. The Morgan fingerprint density at radius 1 is 1.25 bits per heavy atom. The molecule has 126 valence electrons. The van der Waals surface area contributed by atoms with Gasteiger partial charge >= 0.3 is 0 Å². The Morgan fingerprint density at radius 2 is 1.96 bits per heavy atom. The van der Waals surface area contributed by atoms with Crippen molar-refractivity contribution < 1.29 is 9.72 Å². The summed E-state index contributed by atoms with van der Waals surface area (Å²) in [5.74, 6) is 0.802. The van der Waals surface area contributed by atoms with Crippen molar-refractivity contribution in [3.8, 4) is 0 Å². The highest BCUT2D eigenvalue weighted by Gasteiger charge is 2.15. The third kappa shape index (κ3) is 5.28. The average Bonchev–Trinajstić information content (AvgIpc) is 2.56. The summed E-state index contributed by atoms with van der Waals surface area (Å²) >= 11 is 3.10. The highest BCUT2D eigenvalue weighted by atomic mass is 32.2. The first-order valence-corrected chi connectivity index (χ1v) is 9.57. The van der Waals surface area contributed by atoms with Crippen LogP contribution < -0.4 is 5.32 Å². The molecule has 24 heavy (non-hydrogen) atoms. The van der Waals surface area contributed by atoms with Crippen molar-refractivity contribution >= 4 is 40.8 Å². The summed E-state index contributed by atoms with van der Waals surface area (Å²) in [7, 11) is 0. The molecular formula is C17H18N2O3S2. The summed E-state index contributed by atoms with van der Waals surface area (Å²) in [4.78, 5) is 23.3. The molecule has 0 aliphatic heterocycles. The van der Waals surface area contributed by atoms with Gasteiger partial charge in [0.1, 0.15) is 0 Å². The summed E-state index contributed by atoms with van der Waals surface area (Å²) < 4.78 is 0.